The Morgan fingerprint density at radius 2 is 2.38 bits per heavy atom. The number of amides is 1. The van der Waals surface area contributed by atoms with E-state index in [0.29, 0.717) is 11.3 Å². The molecule has 0 bridgehead atoms. The molecular formula is C9H6N2OS. The van der Waals surface area contributed by atoms with Crippen LogP contribution in [0.3, 0.4) is 0 Å². The second kappa shape index (κ2) is 3.11. The number of benzene rings is 1. The number of carbonyl (C=O) groups is 1. The van der Waals surface area contributed by atoms with Gasteiger partial charge in [0.1, 0.15) is 0 Å². The van der Waals surface area contributed by atoms with Crippen LogP contribution in [0.25, 0.3) is 0 Å². The maximum Gasteiger partial charge on any atom is 0.234 e. The molecule has 4 heteroatoms. The molecule has 1 N–H and O–H groups in total. The number of carbonyl (C=O) groups excluding carboxylic acids is 1. The molecule has 0 saturated heterocycles. The number of fused-ring (bicyclic) bond motifs is 1. The first-order valence-electron chi connectivity index (χ1n) is 3.76. The molecule has 1 amide bonds. The van der Waals surface area contributed by atoms with Gasteiger partial charge in [-0.1, -0.05) is 0 Å². The maximum absolute atomic E-state index is 11.0. The van der Waals surface area contributed by atoms with E-state index in [1.54, 1.807) is 18.2 Å². The van der Waals surface area contributed by atoms with Gasteiger partial charge < -0.3 is 5.32 Å². The van der Waals surface area contributed by atoms with E-state index < -0.39 is 0 Å². The second-order valence-electron chi connectivity index (χ2n) is 2.66. The average Bonchev–Trinajstić information content (AvgIpc) is 2.17. The number of thioether (sulfide) groups is 1. The molecule has 1 aromatic rings. The van der Waals surface area contributed by atoms with Crippen LogP contribution in [-0.2, 0) is 4.79 Å². The number of anilines is 1. The summed E-state index contributed by atoms with van der Waals surface area (Å²) in [6.07, 6.45) is 0. The highest BCUT2D eigenvalue weighted by molar-refractivity contribution is 8.00. The normalized spacial score (nSPS) is 14.2. The Morgan fingerprint density at radius 3 is 3.15 bits per heavy atom. The molecule has 2 rings (SSSR count). The smallest absolute Gasteiger partial charge is 0.234 e. The molecule has 0 fully saturated rings. The van der Waals surface area contributed by atoms with E-state index in [9.17, 15) is 4.79 Å². The third-order valence-corrected chi connectivity index (χ3v) is 2.80. The van der Waals surface area contributed by atoms with E-state index in [4.69, 9.17) is 5.26 Å². The van der Waals surface area contributed by atoms with Crippen LogP contribution in [0.15, 0.2) is 23.1 Å². The van der Waals surface area contributed by atoms with Crippen LogP contribution in [-0.4, -0.2) is 11.7 Å². The van der Waals surface area contributed by atoms with Crippen LogP contribution in [0.4, 0.5) is 5.69 Å². The quantitative estimate of drug-likeness (QED) is 0.676. The molecule has 0 saturated carbocycles. The first kappa shape index (κ1) is 8.14. The zero-order valence-electron chi connectivity index (χ0n) is 6.70. The van der Waals surface area contributed by atoms with Crippen LogP contribution in [0.1, 0.15) is 5.56 Å². The lowest BCUT2D eigenvalue weighted by molar-refractivity contribution is -0.113. The summed E-state index contributed by atoms with van der Waals surface area (Å²) in [5, 5.41) is 11.4. The van der Waals surface area contributed by atoms with Gasteiger partial charge in [-0.15, -0.1) is 11.8 Å². The fraction of sp³-hybridized carbons (Fsp3) is 0.111. The first-order chi connectivity index (χ1) is 6.29. The van der Waals surface area contributed by atoms with Gasteiger partial charge in [0.05, 0.1) is 23.1 Å². The van der Waals surface area contributed by atoms with Gasteiger partial charge in [-0.25, -0.2) is 0 Å². The summed E-state index contributed by atoms with van der Waals surface area (Å²) >= 11 is 1.46. The number of hydrogen-bond acceptors (Lipinski definition) is 3. The number of nitrogens with zero attached hydrogens (tertiary/aromatic N) is 1. The fourth-order valence-electron chi connectivity index (χ4n) is 1.14. The number of rotatable bonds is 0. The summed E-state index contributed by atoms with van der Waals surface area (Å²) in [5.41, 5.74) is 1.43. The largest absolute Gasteiger partial charge is 0.324 e. The van der Waals surface area contributed by atoms with Crippen molar-refractivity contribution in [2.75, 3.05) is 11.1 Å². The second-order valence-corrected chi connectivity index (χ2v) is 3.68. The SMILES string of the molecule is N#Cc1ccc2c(c1)SCC(=O)N2. The fourth-order valence-corrected chi connectivity index (χ4v) is 1.99. The van der Waals surface area contributed by atoms with Crippen molar-refractivity contribution in [2.45, 2.75) is 4.90 Å². The topological polar surface area (TPSA) is 52.9 Å². The summed E-state index contributed by atoms with van der Waals surface area (Å²) < 4.78 is 0. The van der Waals surface area contributed by atoms with E-state index in [0.717, 1.165) is 10.6 Å². The van der Waals surface area contributed by atoms with E-state index in [1.807, 2.05) is 0 Å². The van der Waals surface area contributed by atoms with E-state index in [-0.39, 0.29) is 5.91 Å². The van der Waals surface area contributed by atoms with Gasteiger partial charge in [0.15, 0.2) is 0 Å². The zero-order valence-corrected chi connectivity index (χ0v) is 7.52. The van der Waals surface area contributed by atoms with Crippen molar-refractivity contribution in [2.24, 2.45) is 0 Å². The summed E-state index contributed by atoms with van der Waals surface area (Å²) in [7, 11) is 0. The van der Waals surface area contributed by atoms with Crippen LogP contribution in [0, 0.1) is 11.3 Å². The predicted octanol–water partition coefficient (Wildman–Crippen LogP) is 1.60. The summed E-state index contributed by atoms with van der Waals surface area (Å²) in [4.78, 5) is 12.0. The highest BCUT2D eigenvalue weighted by Gasteiger charge is 2.14. The molecule has 0 unspecified atom stereocenters. The lowest BCUT2D eigenvalue weighted by atomic mass is 10.2. The molecular weight excluding hydrogens is 184 g/mol. The highest BCUT2D eigenvalue weighted by Crippen LogP contribution is 2.31. The third-order valence-electron chi connectivity index (χ3n) is 1.74. The Balaban J connectivity index is 2.43. The van der Waals surface area contributed by atoms with Gasteiger partial charge in [-0.05, 0) is 18.2 Å². The van der Waals surface area contributed by atoms with E-state index in [1.165, 1.54) is 11.8 Å². The Hall–Kier alpha value is -1.47. The Morgan fingerprint density at radius 1 is 1.54 bits per heavy atom. The van der Waals surface area contributed by atoms with Crippen LogP contribution < -0.4 is 5.32 Å². The number of hydrogen-bond donors (Lipinski definition) is 1. The minimum atomic E-state index is 0.0159. The average molecular weight is 190 g/mol. The summed E-state index contributed by atoms with van der Waals surface area (Å²) in [5.74, 6) is 0.448. The molecule has 0 aliphatic carbocycles. The molecule has 1 aliphatic rings. The van der Waals surface area contributed by atoms with Crippen LogP contribution in [0.5, 0.6) is 0 Å². The molecule has 1 aliphatic heterocycles. The minimum absolute atomic E-state index is 0.0159. The van der Waals surface area contributed by atoms with Gasteiger partial charge in [0, 0.05) is 4.90 Å². The van der Waals surface area contributed by atoms with E-state index >= 15 is 0 Å². The molecule has 1 aromatic carbocycles. The highest BCUT2D eigenvalue weighted by atomic mass is 32.2. The van der Waals surface area contributed by atoms with Crippen molar-refractivity contribution in [3.05, 3.63) is 23.8 Å². The van der Waals surface area contributed by atoms with Gasteiger partial charge in [0.2, 0.25) is 5.91 Å². The van der Waals surface area contributed by atoms with Crippen LogP contribution in [0.2, 0.25) is 0 Å². The molecule has 0 radical (unpaired) electrons. The summed E-state index contributed by atoms with van der Waals surface area (Å²) in [6.45, 7) is 0. The molecule has 13 heavy (non-hydrogen) atoms. The monoisotopic (exact) mass is 190 g/mol. The van der Waals surface area contributed by atoms with Crippen molar-refractivity contribution < 1.29 is 4.79 Å². The molecule has 3 nitrogen and oxygen atoms in total. The third kappa shape index (κ3) is 1.51. The number of nitrogens with one attached hydrogen (secondary N) is 1. The standard InChI is InChI=1S/C9H6N2OS/c10-4-6-1-2-7-8(3-6)13-5-9(12)11-7/h1-3H,5H2,(H,11,12). The van der Waals surface area contributed by atoms with Crippen molar-refractivity contribution in [3.63, 3.8) is 0 Å². The molecule has 64 valence electrons. The lowest BCUT2D eigenvalue weighted by Crippen LogP contribution is -2.18. The zero-order chi connectivity index (χ0) is 9.26. The predicted molar refractivity (Wildman–Crippen MR) is 50.5 cm³/mol. The van der Waals surface area contributed by atoms with Gasteiger partial charge in [-0.3, -0.25) is 4.79 Å². The van der Waals surface area contributed by atoms with Crippen LogP contribution >= 0.6 is 11.8 Å². The Bertz CT molecular complexity index is 409. The molecule has 0 aromatic heterocycles. The molecule has 0 spiro atoms. The lowest BCUT2D eigenvalue weighted by Gasteiger charge is -2.15. The van der Waals surface area contributed by atoms with Gasteiger partial charge in [0.25, 0.3) is 0 Å². The summed E-state index contributed by atoms with van der Waals surface area (Å²) in [6, 6.07) is 7.31. The molecule has 1 heterocycles. The van der Waals surface area contributed by atoms with Crippen molar-refractivity contribution in [1.29, 1.82) is 5.26 Å². The number of nitriles is 1. The Kier molecular flexibility index (Phi) is 1.95. The molecule has 0 atom stereocenters. The van der Waals surface area contributed by atoms with E-state index in [2.05, 4.69) is 11.4 Å². The van der Waals surface area contributed by atoms with Crippen molar-refractivity contribution >= 4 is 23.4 Å². The van der Waals surface area contributed by atoms with Crippen molar-refractivity contribution in [1.82, 2.24) is 0 Å². The maximum atomic E-state index is 11.0. The van der Waals surface area contributed by atoms with Crippen molar-refractivity contribution in [3.8, 4) is 6.07 Å². The minimum Gasteiger partial charge on any atom is -0.324 e. The first-order valence-corrected chi connectivity index (χ1v) is 4.75. The van der Waals surface area contributed by atoms with Gasteiger partial charge >= 0.3 is 0 Å². The van der Waals surface area contributed by atoms with Gasteiger partial charge in [-0.2, -0.15) is 5.26 Å². The Labute approximate surface area is 79.7 Å².